The number of aliphatic hydroxyl groups excluding tert-OH is 3. The average molecular weight is 363 g/mol. The van der Waals surface area contributed by atoms with Crippen LogP contribution in [0.5, 0.6) is 0 Å². The standard InChI is InChI=1S/C23H38O3/c1-22-11-8-20(15-19(22)7-6-17(22)10-14-25)23(2)12-9-21(26)16-18(23)5-3-4-13-24/h3,5,10,18-21,24-26H,4,6-9,11-16H2,1-2H3/t18-,19?,20?,21-,22+,23-/m0/s1. The van der Waals surface area contributed by atoms with Gasteiger partial charge in [0.25, 0.3) is 0 Å². The number of rotatable bonds is 5. The maximum atomic E-state index is 10.2. The molecule has 0 aromatic rings. The number of fused-ring (bicyclic) bond motifs is 1. The van der Waals surface area contributed by atoms with Gasteiger partial charge in [-0.2, -0.15) is 0 Å². The number of hydrogen-bond acceptors (Lipinski definition) is 3. The molecular formula is C23H38O3. The minimum Gasteiger partial charge on any atom is -0.396 e. The van der Waals surface area contributed by atoms with Crippen LogP contribution in [0.4, 0.5) is 0 Å². The minimum absolute atomic E-state index is 0.175. The molecule has 2 unspecified atom stereocenters. The molecular weight excluding hydrogens is 324 g/mol. The van der Waals surface area contributed by atoms with Gasteiger partial charge in [-0.25, -0.2) is 0 Å². The highest BCUT2D eigenvalue weighted by molar-refractivity contribution is 5.22. The summed E-state index contributed by atoms with van der Waals surface area (Å²) in [6.45, 7) is 5.26. The molecule has 0 heterocycles. The van der Waals surface area contributed by atoms with E-state index in [4.69, 9.17) is 5.11 Å². The number of allylic oxidation sites excluding steroid dienone is 2. The maximum absolute atomic E-state index is 10.2. The van der Waals surface area contributed by atoms with Crippen LogP contribution in [0, 0.1) is 28.6 Å². The van der Waals surface area contributed by atoms with Crippen molar-refractivity contribution >= 4 is 0 Å². The van der Waals surface area contributed by atoms with Gasteiger partial charge in [0, 0.05) is 6.61 Å². The first-order chi connectivity index (χ1) is 12.4. The molecule has 0 saturated heterocycles. The molecule has 6 atom stereocenters. The summed E-state index contributed by atoms with van der Waals surface area (Å²) < 4.78 is 0. The van der Waals surface area contributed by atoms with Crippen LogP contribution in [0.3, 0.4) is 0 Å². The maximum Gasteiger partial charge on any atom is 0.0615 e. The van der Waals surface area contributed by atoms with Gasteiger partial charge in [0.1, 0.15) is 0 Å². The van der Waals surface area contributed by atoms with Crippen LogP contribution in [-0.4, -0.2) is 34.6 Å². The lowest BCUT2D eigenvalue weighted by Crippen LogP contribution is -2.45. The Hall–Kier alpha value is -0.640. The first kappa shape index (κ1) is 20.1. The van der Waals surface area contributed by atoms with E-state index < -0.39 is 0 Å². The topological polar surface area (TPSA) is 60.7 Å². The fourth-order valence-electron chi connectivity index (χ4n) is 6.40. The summed E-state index contributed by atoms with van der Waals surface area (Å²) in [5.41, 5.74) is 2.05. The molecule has 0 aliphatic heterocycles. The minimum atomic E-state index is -0.175. The van der Waals surface area contributed by atoms with Gasteiger partial charge in [0.15, 0.2) is 0 Å². The Kier molecular flexibility index (Phi) is 6.31. The van der Waals surface area contributed by atoms with E-state index in [-0.39, 0.29) is 24.7 Å². The summed E-state index contributed by atoms with van der Waals surface area (Å²) in [7, 11) is 0. The van der Waals surface area contributed by atoms with Crippen molar-refractivity contribution in [3.63, 3.8) is 0 Å². The molecule has 148 valence electrons. The second-order valence-electron chi connectivity index (χ2n) is 9.52. The summed E-state index contributed by atoms with van der Waals surface area (Å²) in [6.07, 6.45) is 16.1. The zero-order valence-corrected chi connectivity index (χ0v) is 16.7. The summed E-state index contributed by atoms with van der Waals surface area (Å²) in [5.74, 6) is 1.87. The lowest BCUT2D eigenvalue weighted by Gasteiger charge is -2.52. The second-order valence-corrected chi connectivity index (χ2v) is 9.52. The Morgan fingerprint density at radius 1 is 1.04 bits per heavy atom. The molecule has 3 heteroatoms. The third kappa shape index (κ3) is 3.68. The van der Waals surface area contributed by atoms with Crippen LogP contribution in [0.15, 0.2) is 23.8 Å². The van der Waals surface area contributed by atoms with Crippen LogP contribution in [0.2, 0.25) is 0 Å². The highest BCUT2D eigenvalue weighted by Crippen LogP contribution is 2.61. The molecule has 3 aliphatic rings. The van der Waals surface area contributed by atoms with E-state index in [1.807, 2.05) is 0 Å². The van der Waals surface area contributed by atoms with Gasteiger partial charge < -0.3 is 15.3 Å². The van der Waals surface area contributed by atoms with Crippen molar-refractivity contribution in [1.82, 2.24) is 0 Å². The SMILES string of the molecule is C[C@]12CCC([C@@]3(C)CC[C@H](O)C[C@@H]3C=CCCO)CC1CCC2=CCO. The third-order valence-electron chi connectivity index (χ3n) is 8.30. The van der Waals surface area contributed by atoms with E-state index in [1.54, 1.807) is 0 Å². The molecule has 0 aromatic heterocycles. The zero-order chi connectivity index (χ0) is 18.8. The Morgan fingerprint density at radius 2 is 1.85 bits per heavy atom. The van der Waals surface area contributed by atoms with E-state index in [1.165, 1.54) is 31.3 Å². The molecule has 3 saturated carbocycles. The largest absolute Gasteiger partial charge is 0.396 e. The third-order valence-corrected chi connectivity index (χ3v) is 8.30. The molecule has 3 nitrogen and oxygen atoms in total. The monoisotopic (exact) mass is 362 g/mol. The molecule has 3 rings (SSSR count). The Morgan fingerprint density at radius 3 is 2.58 bits per heavy atom. The Balaban J connectivity index is 1.76. The number of hydrogen-bond donors (Lipinski definition) is 3. The van der Waals surface area contributed by atoms with Gasteiger partial charge >= 0.3 is 0 Å². The number of aliphatic hydroxyl groups is 3. The van der Waals surface area contributed by atoms with E-state index in [0.717, 1.165) is 31.6 Å². The van der Waals surface area contributed by atoms with E-state index in [0.29, 0.717) is 23.7 Å². The molecule has 3 aliphatic carbocycles. The fourth-order valence-corrected chi connectivity index (χ4v) is 6.40. The molecule has 0 aromatic carbocycles. The quantitative estimate of drug-likeness (QED) is 0.642. The van der Waals surface area contributed by atoms with Gasteiger partial charge in [0.2, 0.25) is 0 Å². The van der Waals surface area contributed by atoms with Crippen molar-refractivity contribution in [2.24, 2.45) is 28.6 Å². The van der Waals surface area contributed by atoms with Crippen LogP contribution < -0.4 is 0 Å². The Labute approximate surface area is 159 Å². The zero-order valence-electron chi connectivity index (χ0n) is 16.7. The van der Waals surface area contributed by atoms with Crippen LogP contribution in [0.1, 0.15) is 71.6 Å². The van der Waals surface area contributed by atoms with Crippen LogP contribution in [-0.2, 0) is 0 Å². The van der Waals surface area contributed by atoms with Gasteiger partial charge in [0.05, 0.1) is 12.7 Å². The van der Waals surface area contributed by atoms with E-state index >= 15 is 0 Å². The van der Waals surface area contributed by atoms with Crippen molar-refractivity contribution in [2.75, 3.05) is 13.2 Å². The van der Waals surface area contributed by atoms with Gasteiger partial charge in [-0.1, -0.05) is 37.6 Å². The molecule has 0 amide bonds. The normalized spacial score (nSPS) is 45.3. The van der Waals surface area contributed by atoms with Crippen molar-refractivity contribution in [2.45, 2.75) is 77.7 Å². The van der Waals surface area contributed by atoms with Gasteiger partial charge in [-0.05, 0) is 86.4 Å². The predicted molar refractivity (Wildman–Crippen MR) is 106 cm³/mol. The summed E-state index contributed by atoms with van der Waals surface area (Å²) >= 11 is 0. The fraction of sp³-hybridized carbons (Fsp3) is 0.826. The molecule has 0 radical (unpaired) electrons. The first-order valence-corrected chi connectivity index (χ1v) is 10.7. The van der Waals surface area contributed by atoms with E-state index in [9.17, 15) is 10.2 Å². The highest BCUT2D eigenvalue weighted by atomic mass is 16.3. The van der Waals surface area contributed by atoms with Crippen molar-refractivity contribution < 1.29 is 15.3 Å². The van der Waals surface area contributed by atoms with Gasteiger partial charge in [-0.15, -0.1) is 0 Å². The Bertz CT molecular complexity index is 540. The molecule has 3 fully saturated rings. The van der Waals surface area contributed by atoms with Crippen molar-refractivity contribution in [3.8, 4) is 0 Å². The lowest BCUT2D eigenvalue weighted by atomic mass is 9.53. The van der Waals surface area contributed by atoms with Crippen molar-refractivity contribution in [3.05, 3.63) is 23.8 Å². The first-order valence-electron chi connectivity index (χ1n) is 10.7. The molecule has 0 spiro atoms. The predicted octanol–water partition coefficient (Wildman–Crippen LogP) is 4.23. The van der Waals surface area contributed by atoms with Gasteiger partial charge in [-0.3, -0.25) is 0 Å². The molecule has 3 N–H and O–H groups in total. The van der Waals surface area contributed by atoms with E-state index in [2.05, 4.69) is 32.1 Å². The van der Waals surface area contributed by atoms with Crippen LogP contribution >= 0.6 is 0 Å². The van der Waals surface area contributed by atoms with Crippen LogP contribution in [0.25, 0.3) is 0 Å². The smallest absolute Gasteiger partial charge is 0.0615 e. The second kappa shape index (κ2) is 8.16. The summed E-state index contributed by atoms with van der Waals surface area (Å²) in [6, 6.07) is 0. The lowest BCUT2D eigenvalue weighted by molar-refractivity contribution is -0.0325. The molecule has 0 bridgehead atoms. The molecule has 26 heavy (non-hydrogen) atoms. The average Bonchev–Trinajstić information content (AvgIpc) is 2.94. The summed E-state index contributed by atoms with van der Waals surface area (Å²) in [5, 5.41) is 28.7. The summed E-state index contributed by atoms with van der Waals surface area (Å²) in [4.78, 5) is 0. The van der Waals surface area contributed by atoms with Crippen molar-refractivity contribution in [1.29, 1.82) is 0 Å². The highest BCUT2D eigenvalue weighted by Gasteiger charge is 2.52.